The lowest BCUT2D eigenvalue weighted by Gasteiger charge is -2.43. The summed E-state index contributed by atoms with van der Waals surface area (Å²) in [4.78, 5) is 0.541. The van der Waals surface area contributed by atoms with Crippen LogP contribution in [0.1, 0.15) is 101 Å². The first-order valence-corrected chi connectivity index (χ1v) is 29.3. The Kier molecular flexibility index (Phi) is 17.9. The van der Waals surface area contributed by atoms with Crippen molar-refractivity contribution in [2.24, 2.45) is 23.7 Å². The van der Waals surface area contributed by atoms with E-state index in [0.29, 0.717) is 24.2 Å². The van der Waals surface area contributed by atoms with E-state index in [4.69, 9.17) is 8.85 Å². The monoisotopic (exact) mass is 836 g/mol. The Morgan fingerprint density at radius 3 is 1.64 bits per heavy atom. The topological polar surface area (TPSA) is 107 Å². The van der Waals surface area contributed by atoms with E-state index in [-0.39, 0.29) is 57.1 Å². The lowest BCUT2D eigenvalue weighted by Crippen LogP contribution is -2.49. The van der Waals surface area contributed by atoms with Gasteiger partial charge < -0.3 is 14.0 Å². The zero-order valence-electron chi connectivity index (χ0n) is 36.6. The first kappa shape index (κ1) is 49.5. The maximum atomic E-state index is 14.6. The van der Waals surface area contributed by atoms with E-state index in [0.717, 1.165) is 6.42 Å². The molecule has 1 N–H and O–H groups in total. The molecule has 2 aromatic carbocycles. The maximum Gasteiger partial charge on any atom is 0.192 e. The van der Waals surface area contributed by atoms with Crippen molar-refractivity contribution in [2.45, 2.75) is 171 Å². The quantitative estimate of drug-likeness (QED) is 0.0929. The summed E-state index contributed by atoms with van der Waals surface area (Å²) in [6.07, 6.45) is 2.78. The average Bonchev–Trinajstić information content (AvgIpc) is 3.09. The number of aliphatic hydroxyl groups is 1. The number of rotatable bonds is 22. The second kappa shape index (κ2) is 19.9. The van der Waals surface area contributed by atoms with Gasteiger partial charge in [0.2, 0.25) is 0 Å². The minimum absolute atomic E-state index is 0.0573. The lowest BCUT2D eigenvalue weighted by molar-refractivity contribution is 0.0621. The third-order valence-electron chi connectivity index (χ3n) is 12.6. The Bertz CT molecular complexity index is 1680. The fourth-order valence-electron chi connectivity index (χ4n) is 6.66. The van der Waals surface area contributed by atoms with E-state index in [1.807, 2.05) is 26.0 Å². The first-order chi connectivity index (χ1) is 25.1. The minimum atomic E-state index is -3.86. The Balaban J connectivity index is 2.47. The summed E-state index contributed by atoms with van der Waals surface area (Å²) in [7, 11) is -12.1. The van der Waals surface area contributed by atoms with E-state index in [9.17, 15) is 21.9 Å². The van der Waals surface area contributed by atoms with Crippen molar-refractivity contribution < 1.29 is 30.8 Å². The smallest absolute Gasteiger partial charge is 0.192 e. The Morgan fingerprint density at radius 1 is 0.691 bits per heavy atom. The molecule has 2 rings (SSSR count). The van der Waals surface area contributed by atoms with Gasteiger partial charge in [0.05, 0.1) is 33.0 Å². The molecule has 0 spiro atoms. The number of allylic oxidation sites excluding steroid dienone is 1. The van der Waals surface area contributed by atoms with E-state index >= 15 is 0 Å². The fraction of sp³-hybridized carbons (Fsp3) is 0.682. The molecule has 0 aliphatic carbocycles. The highest BCUT2D eigenvalue weighted by atomic mass is 32.2. The van der Waals surface area contributed by atoms with E-state index < -0.39 is 53.6 Å². The minimum Gasteiger partial charge on any atom is -0.414 e. The molecule has 314 valence electrons. The van der Waals surface area contributed by atoms with Gasteiger partial charge in [0, 0.05) is 6.10 Å². The molecule has 0 amide bonds. The summed E-state index contributed by atoms with van der Waals surface area (Å²) in [5.74, 6) is -0.620. The summed E-state index contributed by atoms with van der Waals surface area (Å²) in [6.45, 7) is 33.9. The lowest BCUT2D eigenvalue weighted by atomic mass is 9.88. The van der Waals surface area contributed by atoms with Gasteiger partial charge in [-0.3, -0.25) is 0 Å². The SMILES string of the molecule is C=C[C@@H](C)CC[C@H](O[Si](C)(C)C(C)(C)C)[C@H](C)C(CC(O)CC[C@H](C)[C@@H](O[Si](C)(C)C(C)(C)C)[C@H](C)CS(=O)(=O)c1ccccc1)S(=O)(=O)c1ccccc1. The van der Waals surface area contributed by atoms with Crippen molar-refractivity contribution in [3.63, 3.8) is 0 Å². The predicted octanol–water partition coefficient (Wildman–Crippen LogP) is 11.1. The summed E-state index contributed by atoms with van der Waals surface area (Å²) in [6, 6.07) is 17.1. The van der Waals surface area contributed by atoms with Gasteiger partial charge in [0.25, 0.3) is 0 Å². The summed E-state index contributed by atoms with van der Waals surface area (Å²) >= 11 is 0. The van der Waals surface area contributed by atoms with Crippen molar-refractivity contribution in [1.82, 2.24) is 0 Å². The van der Waals surface area contributed by atoms with Crippen LogP contribution >= 0.6 is 0 Å². The Hall–Kier alpha value is -1.61. The second-order valence-corrected chi connectivity index (χ2v) is 33.0. The zero-order chi connectivity index (χ0) is 42.2. The fourth-order valence-corrected chi connectivity index (χ4v) is 13.3. The maximum absolute atomic E-state index is 14.6. The molecule has 0 aliphatic rings. The van der Waals surface area contributed by atoms with Crippen LogP contribution in [0, 0.1) is 23.7 Å². The Morgan fingerprint density at radius 2 is 1.16 bits per heavy atom. The molecular weight excluding hydrogens is 761 g/mol. The van der Waals surface area contributed by atoms with Gasteiger partial charge in [0.1, 0.15) is 0 Å². The van der Waals surface area contributed by atoms with Crippen LogP contribution in [0.2, 0.25) is 36.3 Å². The van der Waals surface area contributed by atoms with Crippen LogP contribution in [-0.2, 0) is 28.5 Å². The average molecular weight is 837 g/mol. The molecule has 0 heterocycles. The molecule has 0 aliphatic heterocycles. The standard InChI is InChI=1S/C44H76O7S2Si2/c1-16-33(2)27-30-40(50-54(12,13)43(6,7)8)36(5)41(53(48,49)39-25-21-18-22-26-39)31-37(45)29-28-34(3)42(51-55(14,15)44(9,10)11)35(4)32-52(46,47)38-23-19-17-20-24-38/h16-26,33-37,40-42,45H,1,27-32H2,2-15H3/t33-,34+,35-,36+,37?,40+,41?,42-/m1/s1. The molecule has 2 unspecified atom stereocenters. The largest absolute Gasteiger partial charge is 0.414 e. The van der Waals surface area contributed by atoms with Crippen LogP contribution in [0.5, 0.6) is 0 Å². The molecule has 7 nitrogen and oxygen atoms in total. The van der Waals surface area contributed by atoms with E-state index in [1.165, 1.54) is 0 Å². The summed E-state index contributed by atoms with van der Waals surface area (Å²) in [5, 5.41) is 10.8. The van der Waals surface area contributed by atoms with Crippen molar-refractivity contribution in [3.05, 3.63) is 73.3 Å². The van der Waals surface area contributed by atoms with Gasteiger partial charge in [-0.05, 0) is 116 Å². The van der Waals surface area contributed by atoms with Crippen LogP contribution in [0.4, 0.5) is 0 Å². The molecule has 8 atom stereocenters. The van der Waals surface area contributed by atoms with Crippen molar-refractivity contribution >= 4 is 36.3 Å². The van der Waals surface area contributed by atoms with E-state index in [1.54, 1.807) is 54.6 Å². The van der Waals surface area contributed by atoms with Crippen LogP contribution in [0.15, 0.2) is 83.1 Å². The predicted molar refractivity (Wildman–Crippen MR) is 236 cm³/mol. The molecule has 2 aromatic rings. The number of hydrogen-bond acceptors (Lipinski definition) is 7. The van der Waals surface area contributed by atoms with Crippen LogP contribution in [-0.4, -0.2) is 67.9 Å². The second-order valence-electron chi connectivity index (χ2n) is 19.3. The highest BCUT2D eigenvalue weighted by molar-refractivity contribution is 7.92. The van der Waals surface area contributed by atoms with E-state index in [2.05, 4.69) is 88.2 Å². The highest BCUT2D eigenvalue weighted by Gasteiger charge is 2.45. The summed E-state index contributed by atoms with van der Waals surface area (Å²) in [5.41, 5.74) is 0. The molecule has 55 heavy (non-hydrogen) atoms. The highest BCUT2D eigenvalue weighted by Crippen LogP contribution is 2.42. The van der Waals surface area contributed by atoms with Gasteiger partial charge in [-0.15, -0.1) is 6.58 Å². The molecule has 11 heteroatoms. The normalized spacial score (nSPS) is 18.1. The van der Waals surface area contributed by atoms with Crippen molar-refractivity contribution in [3.8, 4) is 0 Å². The molecule has 0 aromatic heterocycles. The van der Waals surface area contributed by atoms with Crippen LogP contribution in [0.3, 0.4) is 0 Å². The van der Waals surface area contributed by atoms with Gasteiger partial charge in [-0.2, -0.15) is 0 Å². The third kappa shape index (κ3) is 14.0. The molecule has 0 saturated carbocycles. The van der Waals surface area contributed by atoms with Crippen LogP contribution in [0.25, 0.3) is 0 Å². The molecule has 0 bridgehead atoms. The first-order valence-electron chi connectivity index (χ1n) is 20.3. The van der Waals surface area contributed by atoms with Gasteiger partial charge in [0.15, 0.2) is 36.3 Å². The van der Waals surface area contributed by atoms with Crippen LogP contribution < -0.4 is 0 Å². The van der Waals surface area contributed by atoms with Gasteiger partial charge in [-0.25, -0.2) is 16.8 Å². The third-order valence-corrected chi connectivity index (χ3v) is 25.9. The molecule has 0 radical (unpaired) electrons. The van der Waals surface area contributed by atoms with Crippen molar-refractivity contribution in [1.29, 1.82) is 0 Å². The Labute approximate surface area is 339 Å². The number of benzene rings is 2. The number of hydrogen-bond donors (Lipinski definition) is 1. The molecule has 0 saturated heterocycles. The zero-order valence-corrected chi connectivity index (χ0v) is 40.3. The summed E-state index contributed by atoms with van der Waals surface area (Å²) < 4.78 is 70.3. The van der Waals surface area contributed by atoms with Gasteiger partial charge >= 0.3 is 0 Å². The van der Waals surface area contributed by atoms with Crippen molar-refractivity contribution in [2.75, 3.05) is 5.75 Å². The number of aliphatic hydroxyl groups excluding tert-OH is 1. The molecular formula is C44H76O7S2Si2. The van der Waals surface area contributed by atoms with Gasteiger partial charge in [-0.1, -0.05) is 112 Å². The number of sulfone groups is 2. The molecule has 0 fully saturated rings.